The minimum absolute atomic E-state index is 0.286. The predicted molar refractivity (Wildman–Crippen MR) is 72.9 cm³/mol. The lowest BCUT2D eigenvalue weighted by molar-refractivity contribution is 0.123. The summed E-state index contributed by atoms with van der Waals surface area (Å²) >= 11 is 1.94. The summed E-state index contributed by atoms with van der Waals surface area (Å²) in [6.07, 6.45) is 2.62. The second-order valence-corrected chi connectivity index (χ2v) is 5.40. The van der Waals surface area contributed by atoms with Crippen LogP contribution in [0.5, 0.6) is 11.5 Å². The maximum absolute atomic E-state index is 5.99. The highest BCUT2D eigenvalue weighted by atomic mass is 32.2. The highest BCUT2D eigenvalue weighted by molar-refractivity contribution is 7.99. The molecule has 4 nitrogen and oxygen atoms in total. The van der Waals surface area contributed by atoms with Crippen LogP contribution in [0.25, 0.3) is 0 Å². The Balaban J connectivity index is 2.06. The van der Waals surface area contributed by atoms with Crippen LogP contribution in [0.3, 0.4) is 0 Å². The smallest absolute Gasteiger partial charge is 0.161 e. The van der Waals surface area contributed by atoms with Crippen molar-refractivity contribution in [2.45, 2.75) is 25.6 Å². The topological polar surface area (TPSA) is 53.7 Å². The Kier molecular flexibility index (Phi) is 5.16. The molecule has 1 unspecified atom stereocenters. The molecule has 0 aliphatic carbocycles. The van der Waals surface area contributed by atoms with Crippen LogP contribution in [0.2, 0.25) is 0 Å². The fraction of sp³-hybridized carbons (Fsp3) is 0.538. The van der Waals surface area contributed by atoms with Gasteiger partial charge in [0.25, 0.3) is 0 Å². The van der Waals surface area contributed by atoms with Crippen molar-refractivity contribution in [1.29, 1.82) is 0 Å². The van der Waals surface area contributed by atoms with Gasteiger partial charge in [0.05, 0.1) is 13.7 Å². The molecule has 2 rings (SSSR count). The fourth-order valence-corrected chi connectivity index (χ4v) is 3.01. The summed E-state index contributed by atoms with van der Waals surface area (Å²) in [5, 5.41) is 0. The second-order valence-electron chi connectivity index (χ2n) is 4.25. The van der Waals surface area contributed by atoms with Crippen LogP contribution in [0.4, 0.5) is 0 Å². The highest BCUT2D eigenvalue weighted by Crippen LogP contribution is 2.31. The van der Waals surface area contributed by atoms with Crippen molar-refractivity contribution in [3.8, 4) is 11.5 Å². The zero-order valence-electron chi connectivity index (χ0n) is 10.6. The molecule has 0 saturated carbocycles. The van der Waals surface area contributed by atoms with Gasteiger partial charge in [-0.1, -0.05) is 6.07 Å². The van der Waals surface area contributed by atoms with E-state index in [9.17, 15) is 0 Å². The lowest BCUT2D eigenvalue weighted by atomic mass is 10.2. The standard InChI is InChI=1S/C13H19NO3S/c1-15-13-7-10(8-16-14)4-5-12(13)17-11-3-2-6-18-9-11/h4-5,7,11H,2-3,6,8-9,14H2,1H3. The van der Waals surface area contributed by atoms with Gasteiger partial charge in [-0.05, 0) is 36.3 Å². The minimum Gasteiger partial charge on any atom is -0.493 e. The van der Waals surface area contributed by atoms with Gasteiger partial charge in [0.15, 0.2) is 11.5 Å². The Morgan fingerprint density at radius 3 is 2.94 bits per heavy atom. The van der Waals surface area contributed by atoms with E-state index < -0.39 is 0 Å². The van der Waals surface area contributed by atoms with E-state index in [1.54, 1.807) is 7.11 Å². The number of benzene rings is 1. The summed E-state index contributed by atoms with van der Waals surface area (Å²) in [4.78, 5) is 4.62. The van der Waals surface area contributed by atoms with Crippen LogP contribution < -0.4 is 15.4 Å². The Morgan fingerprint density at radius 1 is 1.39 bits per heavy atom. The van der Waals surface area contributed by atoms with E-state index in [1.807, 2.05) is 30.0 Å². The van der Waals surface area contributed by atoms with E-state index in [-0.39, 0.29) is 6.10 Å². The van der Waals surface area contributed by atoms with Gasteiger partial charge >= 0.3 is 0 Å². The van der Waals surface area contributed by atoms with Gasteiger partial charge in [0.2, 0.25) is 0 Å². The van der Waals surface area contributed by atoms with Crippen molar-refractivity contribution in [3.05, 3.63) is 23.8 Å². The molecule has 0 aromatic heterocycles. The van der Waals surface area contributed by atoms with Crippen molar-refractivity contribution in [3.63, 3.8) is 0 Å². The zero-order chi connectivity index (χ0) is 12.8. The van der Waals surface area contributed by atoms with Gasteiger partial charge in [-0.15, -0.1) is 0 Å². The van der Waals surface area contributed by atoms with E-state index in [4.69, 9.17) is 15.4 Å². The lowest BCUT2D eigenvalue weighted by Crippen LogP contribution is -2.23. The fourth-order valence-electron chi connectivity index (χ4n) is 1.98. The third-order valence-corrected chi connectivity index (χ3v) is 4.08. The first-order valence-corrected chi connectivity index (χ1v) is 7.22. The van der Waals surface area contributed by atoms with E-state index >= 15 is 0 Å². The summed E-state index contributed by atoms with van der Waals surface area (Å²) in [5.41, 5.74) is 0.972. The molecule has 1 fully saturated rings. The van der Waals surface area contributed by atoms with Crippen LogP contribution in [-0.2, 0) is 11.4 Å². The second kappa shape index (κ2) is 6.87. The van der Waals surface area contributed by atoms with Crippen molar-refractivity contribution in [2.75, 3.05) is 18.6 Å². The molecule has 0 bridgehead atoms. The molecule has 0 spiro atoms. The van der Waals surface area contributed by atoms with Gasteiger partial charge in [-0.25, -0.2) is 5.90 Å². The number of methoxy groups -OCH3 is 1. The van der Waals surface area contributed by atoms with Gasteiger partial charge in [0.1, 0.15) is 6.10 Å². The van der Waals surface area contributed by atoms with Crippen LogP contribution in [0.15, 0.2) is 18.2 Å². The number of ether oxygens (including phenoxy) is 2. The van der Waals surface area contributed by atoms with Crippen molar-refractivity contribution in [1.82, 2.24) is 0 Å². The molecular formula is C13H19NO3S. The molecule has 0 amide bonds. The molecule has 1 aliphatic rings. The van der Waals surface area contributed by atoms with Crippen LogP contribution in [0.1, 0.15) is 18.4 Å². The molecule has 1 aliphatic heterocycles. The molecule has 18 heavy (non-hydrogen) atoms. The van der Waals surface area contributed by atoms with Gasteiger partial charge < -0.3 is 9.47 Å². The summed E-state index contributed by atoms with van der Waals surface area (Å²) < 4.78 is 11.3. The monoisotopic (exact) mass is 269 g/mol. The van der Waals surface area contributed by atoms with Crippen molar-refractivity contribution >= 4 is 11.8 Å². The Hall–Kier alpha value is -0.910. The number of nitrogens with two attached hydrogens (primary N) is 1. The van der Waals surface area contributed by atoms with E-state index in [2.05, 4.69) is 4.84 Å². The highest BCUT2D eigenvalue weighted by Gasteiger charge is 2.17. The average Bonchev–Trinajstić information content (AvgIpc) is 2.42. The number of rotatable bonds is 5. The van der Waals surface area contributed by atoms with Gasteiger partial charge in [0, 0.05) is 5.75 Å². The molecule has 1 saturated heterocycles. The molecule has 100 valence electrons. The molecule has 2 N–H and O–H groups in total. The molecule has 5 heteroatoms. The summed E-state index contributed by atoms with van der Waals surface area (Å²) in [5.74, 6) is 8.89. The Bertz CT molecular complexity index is 380. The lowest BCUT2D eigenvalue weighted by Gasteiger charge is -2.23. The van der Waals surface area contributed by atoms with Crippen LogP contribution in [0, 0.1) is 0 Å². The first-order chi connectivity index (χ1) is 8.83. The maximum Gasteiger partial charge on any atom is 0.161 e. The molecule has 0 radical (unpaired) electrons. The average molecular weight is 269 g/mol. The summed E-state index contributed by atoms with van der Waals surface area (Å²) in [6, 6.07) is 5.77. The largest absolute Gasteiger partial charge is 0.493 e. The Morgan fingerprint density at radius 2 is 2.28 bits per heavy atom. The number of hydrogen-bond donors (Lipinski definition) is 1. The number of hydrogen-bond acceptors (Lipinski definition) is 5. The van der Waals surface area contributed by atoms with Crippen LogP contribution in [-0.4, -0.2) is 24.7 Å². The minimum atomic E-state index is 0.286. The first kappa shape index (κ1) is 13.5. The molecule has 1 atom stereocenters. The molecule has 1 aromatic rings. The molecule has 1 heterocycles. The normalized spacial score (nSPS) is 19.6. The third kappa shape index (κ3) is 3.54. The summed E-state index contributed by atoms with van der Waals surface area (Å²) in [7, 11) is 1.64. The predicted octanol–water partition coefficient (Wildman–Crippen LogP) is 2.36. The molecule has 1 aromatic carbocycles. The third-order valence-electron chi connectivity index (χ3n) is 2.89. The van der Waals surface area contributed by atoms with E-state index in [0.29, 0.717) is 6.61 Å². The van der Waals surface area contributed by atoms with Crippen molar-refractivity contribution in [2.24, 2.45) is 5.90 Å². The number of thioether (sulfide) groups is 1. The maximum atomic E-state index is 5.99. The quantitative estimate of drug-likeness (QED) is 0.832. The summed E-state index contributed by atoms with van der Waals surface area (Å²) in [6.45, 7) is 0.371. The van der Waals surface area contributed by atoms with Crippen molar-refractivity contribution < 1.29 is 14.3 Å². The van der Waals surface area contributed by atoms with Crippen LogP contribution >= 0.6 is 11.8 Å². The van der Waals surface area contributed by atoms with E-state index in [1.165, 1.54) is 12.2 Å². The van der Waals surface area contributed by atoms with Gasteiger partial charge in [-0.2, -0.15) is 11.8 Å². The molecular weight excluding hydrogens is 250 g/mol. The first-order valence-electron chi connectivity index (χ1n) is 6.06. The van der Waals surface area contributed by atoms with E-state index in [0.717, 1.165) is 29.2 Å². The Labute approximate surface area is 112 Å². The SMILES string of the molecule is COc1cc(CON)ccc1OC1CCCSC1. The zero-order valence-corrected chi connectivity index (χ0v) is 11.4. The van der Waals surface area contributed by atoms with Gasteiger partial charge in [-0.3, -0.25) is 4.84 Å².